The van der Waals surface area contributed by atoms with Crippen LogP contribution in [0.1, 0.15) is 18.0 Å². The molecule has 110 valence electrons. The number of hydrogen-bond donors (Lipinski definition) is 3. The largest absolute Gasteiger partial charge is 0.481 e. The third-order valence-electron chi connectivity index (χ3n) is 2.77. The molecular formula is C12H14N6O3. The molecule has 0 aliphatic rings. The summed E-state index contributed by atoms with van der Waals surface area (Å²) in [5.74, 6) is -1.42. The molecular weight excluding hydrogens is 276 g/mol. The Balaban J connectivity index is 2.06. The molecule has 21 heavy (non-hydrogen) atoms. The average Bonchev–Trinajstić information content (AvgIpc) is 2.84. The fourth-order valence-corrected chi connectivity index (χ4v) is 1.81. The van der Waals surface area contributed by atoms with Crippen LogP contribution in [0.5, 0.6) is 0 Å². The van der Waals surface area contributed by atoms with Gasteiger partial charge in [0.05, 0.1) is 12.5 Å². The van der Waals surface area contributed by atoms with E-state index < -0.39 is 17.9 Å². The maximum atomic E-state index is 12.0. The van der Waals surface area contributed by atoms with Gasteiger partial charge in [0.15, 0.2) is 0 Å². The second-order valence-corrected chi connectivity index (χ2v) is 4.32. The second kappa shape index (κ2) is 6.46. The van der Waals surface area contributed by atoms with Gasteiger partial charge in [-0.25, -0.2) is 4.68 Å². The molecule has 0 aliphatic heterocycles. The molecule has 1 amide bonds. The van der Waals surface area contributed by atoms with Crippen molar-refractivity contribution in [3.63, 3.8) is 0 Å². The highest BCUT2D eigenvalue weighted by atomic mass is 16.4. The number of nitrogens with one attached hydrogen (secondary N) is 1. The first-order valence-electron chi connectivity index (χ1n) is 6.14. The third-order valence-corrected chi connectivity index (χ3v) is 2.77. The van der Waals surface area contributed by atoms with Gasteiger partial charge in [-0.1, -0.05) is 35.4 Å². The van der Waals surface area contributed by atoms with Crippen molar-refractivity contribution in [2.75, 3.05) is 5.73 Å². The van der Waals surface area contributed by atoms with Crippen LogP contribution < -0.4 is 11.1 Å². The minimum Gasteiger partial charge on any atom is -0.481 e. The Morgan fingerprint density at radius 3 is 2.62 bits per heavy atom. The second-order valence-electron chi connectivity index (χ2n) is 4.32. The zero-order valence-electron chi connectivity index (χ0n) is 11.0. The van der Waals surface area contributed by atoms with Gasteiger partial charge in [-0.3, -0.25) is 9.59 Å². The number of nitrogens with two attached hydrogens (primary N) is 1. The zero-order chi connectivity index (χ0) is 15.2. The summed E-state index contributed by atoms with van der Waals surface area (Å²) >= 11 is 0. The van der Waals surface area contributed by atoms with E-state index in [0.717, 1.165) is 4.68 Å². The van der Waals surface area contributed by atoms with E-state index >= 15 is 0 Å². The minimum absolute atomic E-state index is 0.0136. The maximum absolute atomic E-state index is 12.0. The van der Waals surface area contributed by atoms with Crippen LogP contribution >= 0.6 is 0 Å². The fourth-order valence-electron chi connectivity index (χ4n) is 1.81. The lowest BCUT2D eigenvalue weighted by atomic mass is 10.0. The van der Waals surface area contributed by atoms with Crippen molar-refractivity contribution in [1.82, 2.24) is 25.5 Å². The number of anilines is 1. The number of aromatic nitrogens is 4. The average molecular weight is 290 g/mol. The summed E-state index contributed by atoms with van der Waals surface area (Å²) in [6.45, 7) is -0.179. The Kier molecular flexibility index (Phi) is 4.44. The molecule has 1 heterocycles. The molecule has 1 aromatic heterocycles. The highest BCUT2D eigenvalue weighted by Gasteiger charge is 2.18. The molecule has 0 radical (unpaired) electrons. The number of carbonyl (C=O) groups excluding carboxylic acids is 1. The molecule has 4 N–H and O–H groups in total. The van der Waals surface area contributed by atoms with Gasteiger partial charge in [-0.05, 0) is 16.0 Å². The normalized spacial score (nSPS) is 11.8. The van der Waals surface area contributed by atoms with Crippen LogP contribution in [-0.2, 0) is 16.1 Å². The first kappa shape index (κ1) is 14.4. The third kappa shape index (κ3) is 4.00. The number of amides is 1. The van der Waals surface area contributed by atoms with Crippen LogP contribution in [0, 0.1) is 0 Å². The monoisotopic (exact) mass is 290 g/mol. The smallest absolute Gasteiger partial charge is 0.305 e. The molecule has 2 rings (SSSR count). The molecule has 0 aliphatic carbocycles. The Labute approximate surface area is 119 Å². The molecule has 9 nitrogen and oxygen atoms in total. The molecule has 1 aromatic carbocycles. The lowest BCUT2D eigenvalue weighted by molar-refractivity contribution is -0.137. The van der Waals surface area contributed by atoms with E-state index in [1.54, 1.807) is 24.3 Å². The molecule has 0 spiro atoms. The van der Waals surface area contributed by atoms with Crippen molar-refractivity contribution in [3.8, 4) is 0 Å². The number of nitrogen functional groups attached to an aromatic ring is 1. The Morgan fingerprint density at radius 2 is 2.05 bits per heavy atom. The summed E-state index contributed by atoms with van der Waals surface area (Å²) in [6, 6.07) is 8.23. The highest BCUT2D eigenvalue weighted by molar-refractivity contribution is 5.77. The quantitative estimate of drug-likeness (QED) is 0.657. The lowest BCUT2D eigenvalue weighted by Gasteiger charge is -2.17. The van der Waals surface area contributed by atoms with Gasteiger partial charge < -0.3 is 16.2 Å². The van der Waals surface area contributed by atoms with Gasteiger partial charge in [0.1, 0.15) is 6.54 Å². The lowest BCUT2D eigenvalue weighted by Crippen LogP contribution is -2.33. The standard InChI is InChI=1S/C12H14N6O3/c13-12-15-16-17-18(12)7-10(19)14-9(6-11(20)21)8-4-2-1-3-5-8/h1-5,9H,6-7H2,(H,14,19)(H,20,21)(H2,13,15,17). The minimum atomic E-state index is -1.01. The number of nitrogens with zero attached hydrogens (tertiary/aromatic N) is 4. The van der Waals surface area contributed by atoms with Crippen molar-refractivity contribution >= 4 is 17.8 Å². The van der Waals surface area contributed by atoms with Crippen LogP contribution in [0.4, 0.5) is 5.95 Å². The Morgan fingerprint density at radius 1 is 1.33 bits per heavy atom. The number of carboxylic acid groups (broad SMARTS) is 1. The first-order chi connectivity index (χ1) is 10.1. The predicted molar refractivity (Wildman–Crippen MR) is 71.8 cm³/mol. The van der Waals surface area contributed by atoms with Gasteiger partial charge >= 0.3 is 5.97 Å². The first-order valence-corrected chi connectivity index (χ1v) is 6.14. The Bertz CT molecular complexity index is 627. The van der Waals surface area contributed by atoms with E-state index in [2.05, 4.69) is 20.8 Å². The van der Waals surface area contributed by atoms with Crippen LogP contribution in [-0.4, -0.2) is 37.2 Å². The molecule has 0 bridgehead atoms. The van der Waals surface area contributed by atoms with E-state index in [9.17, 15) is 9.59 Å². The number of tetrazole rings is 1. The van der Waals surface area contributed by atoms with Crippen LogP contribution in [0.15, 0.2) is 30.3 Å². The predicted octanol–water partition coefficient (Wildman–Crippen LogP) is -0.412. The van der Waals surface area contributed by atoms with Crippen molar-refractivity contribution in [2.45, 2.75) is 19.0 Å². The molecule has 1 atom stereocenters. The number of rotatable bonds is 6. The number of aliphatic carboxylic acids is 1. The van der Waals surface area contributed by atoms with Crippen molar-refractivity contribution < 1.29 is 14.7 Å². The number of carbonyl (C=O) groups is 2. The van der Waals surface area contributed by atoms with E-state index in [-0.39, 0.29) is 18.9 Å². The summed E-state index contributed by atoms with van der Waals surface area (Å²) in [7, 11) is 0. The summed E-state index contributed by atoms with van der Waals surface area (Å²) in [5, 5.41) is 21.9. The van der Waals surface area contributed by atoms with Gasteiger partial charge in [-0.2, -0.15) is 0 Å². The zero-order valence-corrected chi connectivity index (χ0v) is 11.0. The SMILES string of the molecule is Nc1nnnn1CC(=O)NC(CC(=O)O)c1ccccc1. The van der Waals surface area contributed by atoms with Crippen molar-refractivity contribution in [3.05, 3.63) is 35.9 Å². The molecule has 1 unspecified atom stereocenters. The van der Waals surface area contributed by atoms with E-state index in [0.29, 0.717) is 5.56 Å². The van der Waals surface area contributed by atoms with E-state index in [1.807, 2.05) is 6.07 Å². The molecule has 0 saturated heterocycles. The van der Waals surface area contributed by atoms with Crippen LogP contribution in [0.3, 0.4) is 0 Å². The number of carboxylic acids is 1. The fraction of sp³-hybridized carbons (Fsp3) is 0.250. The van der Waals surface area contributed by atoms with Crippen LogP contribution in [0.25, 0.3) is 0 Å². The highest BCUT2D eigenvalue weighted by Crippen LogP contribution is 2.16. The van der Waals surface area contributed by atoms with Crippen molar-refractivity contribution in [1.29, 1.82) is 0 Å². The summed E-state index contributed by atoms with van der Waals surface area (Å²) in [6.07, 6.45) is -0.221. The van der Waals surface area contributed by atoms with Gasteiger partial charge in [0, 0.05) is 0 Å². The number of hydrogen-bond acceptors (Lipinski definition) is 6. The van der Waals surface area contributed by atoms with Gasteiger partial charge in [-0.15, -0.1) is 0 Å². The maximum Gasteiger partial charge on any atom is 0.305 e. The summed E-state index contributed by atoms with van der Waals surface area (Å²) in [4.78, 5) is 22.9. The number of benzene rings is 1. The van der Waals surface area contributed by atoms with Gasteiger partial charge in [0.2, 0.25) is 11.9 Å². The van der Waals surface area contributed by atoms with Gasteiger partial charge in [0.25, 0.3) is 0 Å². The topological polar surface area (TPSA) is 136 Å². The molecule has 0 saturated carbocycles. The van der Waals surface area contributed by atoms with Crippen molar-refractivity contribution in [2.24, 2.45) is 0 Å². The molecule has 2 aromatic rings. The summed E-state index contributed by atoms with van der Waals surface area (Å²) < 4.78 is 1.12. The molecule has 9 heteroatoms. The molecule has 0 fully saturated rings. The van der Waals surface area contributed by atoms with E-state index in [4.69, 9.17) is 10.8 Å². The van der Waals surface area contributed by atoms with E-state index in [1.165, 1.54) is 0 Å². The Hall–Kier alpha value is -2.97. The van der Waals surface area contributed by atoms with Crippen LogP contribution in [0.2, 0.25) is 0 Å². The summed E-state index contributed by atoms with van der Waals surface area (Å²) in [5.41, 5.74) is 6.17.